The second-order valence-electron chi connectivity index (χ2n) is 3.99. The molecule has 0 fully saturated rings. The number of hydrogen-bond acceptors (Lipinski definition) is 2. The van der Waals surface area contributed by atoms with Crippen LogP contribution in [0.3, 0.4) is 0 Å². The van der Waals surface area contributed by atoms with Crippen LogP contribution in [0.4, 0.5) is 5.69 Å². The molecule has 1 aliphatic heterocycles. The maximum atomic E-state index is 6.26. The number of halogens is 1. The van der Waals surface area contributed by atoms with Gasteiger partial charge < -0.3 is 5.32 Å². The van der Waals surface area contributed by atoms with E-state index in [4.69, 9.17) is 11.6 Å². The van der Waals surface area contributed by atoms with E-state index in [-0.39, 0.29) is 0 Å². The molecule has 1 heterocycles. The van der Waals surface area contributed by atoms with E-state index in [9.17, 15) is 0 Å². The number of nitrogens with one attached hydrogen (secondary N) is 1. The number of nitrogens with zero attached hydrogens (tertiary/aromatic N) is 1. The van der Waals surface area contributed by atoms with Gasteiger partial charge in [-0.25, -0.2) is 0 Å². The number of para-hydroxylation sites is 1. The molecule has 2 radical (unpaired) electrons. The SMILES string of the molecule is Clc1ccccc1C1=NC[C]Nc2ccccc21. The Morgan fingerprint density at radius 3 is 2.56 bits per heavy atom. The lowest BCUT2D eigenvalue weighted by Crippen LogP contribution is -2.05. The average Bonchev–Trinajstić information content (AvgIpc) is 2.62. The summed E-state index contributed by atoms with van der Waals surface area (Å²) in [5.41, 5.74) is 3.93. The largest absolute Gasteiger partial charge is 0.373 e. The summed E-state index contributed by atoms with van der Waals surface area (Å²) in [7, 11) is 0. The summed E-state index contributed by atoms with van der Waals surface area (Å²) in [5.74, 6) is 0. The molecule has 1 aliphatic rings. The Morgan fingerprint density at radius 1 is 1.00 bits per heavy atom. The number of aliphatic imine (C=N–C) groups is 1. The molecule has 2 aromatic carbocycles. The van der Waals surface area contributed by atoms with Gasteiger partial charge in [0.15, 0.2) is 0 Å². The minimum atomic E-state index is 0.509. The van der Waals surface area contributed by atoms with Gasteiger partial charge >= 0.3 is 0 Å². The smallest absolute Gasteiger partial charge is 0.112 e. The van der Waals surface area contributed by atoms with Gasteiger partial charge in [0, 0.05) is 21.8 Å². The van der Waals surface area contributed by atoms with Crippen LogP contribution in [-0.2, 0) is 0 Å². The third-order valence-corrected chi connectivity index (χ3v) is 3.18. The summed E-state index contributed by atoms with van der Waals surface area (Å²) < 4.78 is 0. The molecule has 0 saturated carbocycles. The first kappa shape index (κ1) is 11.3. The quantitative estimate of drug-likeness (QED) is 0.826. The Morgan fingerprint density at radius 2 is 1.72 bits per heavy atom. The number of benzodiazepines with no additional fused rings is 1. The molecule has 0 aromatic heterocycles. The number of benzene rings is 2. The maximum Gasteiger partial charge on any atom is 0.112 e. The Balaban J connectivity index is 2.18. The van der Waals surface area contributed by atoms with Crippen LogP contribution in [0.1, 0.15) is 11.1 Å². The van der Waals surface area contributed by atoms with E-state index in [1.165, 1.54) is 0 Å². The van der Waals surface area contributed by atoms with Gasteiger partial charge in [0.2, 0.25) is 0 Å². The van der Waals surface area contributed by atoms with Crippen molar-refractivity contribution in [2.45, 2.75) is 0 Å². The van der Waals surface area contributed by atoms with Gasteiger partial charge in [-0.05, 0) is 12.1 Å². The fourth-order valence-electron chi connectivity index (χ4n) is 2.02. The van der Waals surface area contributed by atoms with E-state index in [1.807, 2.05) is 48.5 Å². The molecule has 3 heteroatoms. The van der Waals surface area contributed by atoms with Gasteiger partial charge in [0.25, 0.3) is 0 Å². The molecule has 0 saturated heterocycles. The Hall–Kier alpha value is -1.80. The van der Waals surface area contributed by atoms with Crippen molar-refractivity contribution in [3.8, 4) is 0 Å². The first-order chi connectivity index (χ1) is 8.86. The summed E-state index contributed by atoms with van der Waals surface area (Å²) in [6.07, 6.45) is 0. The zero-order valence-electron chi connectivity index (χ0n) is 9.65. The molecule has 0 spiro atoms. The highest BCUT2D eigenvalue weighted by Gasteiger charge is 2.15. The van der Waals surface area contributed by atoms with Crippen LogP contribution in [-0.4, -0.2) is 12.3 Å². The fourth-order valence-corrected chi connectivity index (χ4v) is 2.25. The second-order valence-corrected chi connectivity index (χ2v) is 4.40. The van der Waals surface area contributed by atoms with Crippen molar-refractivity contribution in [1.29, 1.82) is 0 Å². The minimum absolute atomic E-state index is 0.509. The van der Waals surface area contributed by atoms with E-state index in [1.54, 1.807) is 0 Å². The van der Waals surface area contributed by atoms with Crippen molar-refractivity contribution < 1.29 is 0 Å². The van der Waals surface area contributed by atoms with Crippen molar-refractivity contribution in [2.75, 3.05) is 11.9 Å². The second kappa shape index (κ2) is 4.83. The van der Waals surface area contributed by atoms with Crippen LogP contribution in [0.25, 0.3) is 0 Å². The molecule has 18 heavy (non-hydrogen) atoms. The third kappa shape index (κ3) is 2.00. The highest BCUT2D eigenvalue weighted by molar-refractivity contribution is 6.35. The maximum absolute atomic E-state index is 6.26. The van der Waals surface area contributed by atoms with Gasteiger partial charge in [-0.15, -0.1) is 0 Å². The predicted octanol–water partition coefficient (Wildman–Crippen LogP) is 3.64. The third-order valence-electron chi connectivity index (χ3n) is 2.85. The molecule has 2 nitrogen and oxygen atoms in total. The van der Waals surface area contributed by atoms with Crippen molar-refractivity contribution >= 4 is 23.0 Å². The van der Waals surface area contributed by atoms with Crippen LogP contribution < -0.4 is 5.32 Å². The molecule has 2 aromatic rings. The lowest BCUT2D eigenvalue weighted by atomic mass is 10.0. The summed E-state index contributed by atoms with van der Waals surface area (Å²) in [4.78, 5) is 4.55. The summed E-state index contributed by atoms with van der Waals surface area (Å²) >= 11 is 6.26. The molecular formula is C15H11ClN2. The van der Waals surface area contributed by atoms with Crippen LogP contribution in [0, 0.1) is 6.54 Å². The molecule has 0 aliphatic carbocycles. The normalized spacial score (nSPS) is 14.2. The van der Waals surface area contributed by atoms with Gasteiger partial charge in [-0.3, -0.25) is 4.99 Å². The molecule has 1 N–H and O–H groups in total. The minimum Gasteiger partial charge on any atom is -0.373 e. The van der Waals surface area contributed by atoms with E-state index in [0.29, 0.717) is 11.6 Å². The van der Waals surface area contributed by atoms with Gasteiger partial charge in [0.05, 0.1) is 12.3 Å². The molecule has 88 valence electrons. The van der Waals surface area contributed by atoms with Crippen LogP contribution in [0.5, 0.6) is 0 Å². The van der Waals surface area contributed by atoms with Gasteiger partial charge in [-0.2, -0.15) is 0 Å². The van der Waals surface area contributed by atoms with E-state index in [2.05, 4.69) is 16.9 Å². The summed E-state index contributed by atoms with van der Waals surface area (Å²) in [5, 5.41) is 3.85. The zero-order chi connectivity index (χ0) is 12.4. The monoisotopic (exact) mass is 254 g/mol. The molecular weight excluding hydrogens is 244 g/mol. The van der Waals surface area contributed by atoms with Crippen LogP contribution >= 0.6 is 11.6 Å². The molecule has 0 atom stereocenters. The number of anilines is 1. The zero-order valence-corrected chi connectivity index (χ0v) is 10.4. The van der Waals surface area contributed by atoms with Crippen molar-refractivity contribution in [3.63, 3.8) is 0 Å². The topological polar surface area (TPSA) is 24.4 Å². The standard InChI is InChI=1S/C15H11ClN2/c16-13-7-3-1-5-11(13)15-12-6-2-4-8-14(12)17-9-10-18-15/h1-8,17H,10H2. The van der Waals surface area contributed by atoms with Crippen LogP contribution in [0.2, 0.25) is 5.02 Å². The van der Waals surface area contributed by atoms with Crippen molar-refractivity contribution in [1.82, 2.24) is 0 Å². The van der Waals surface area contributed by atoms with E-state index < -0.39 is 0 Å². The number of hydrogen-bond donors (Lipinski definition) is 1. The summed E-state index contributed by atoms with van der Waals surface area (Å²) in [6.45, 7) is 3.55. The lowest BCUT2D eigenvalue weighted by Gasteiger charge is -2.10. The predicted molar refractivity (Wildman–Crippen MR) is 75.3 cm³/mol. The van der Waals surface area contributed by atoms with E-state index >= 15 is 0 Å². The first-order valence-electron chi connectivity index (χ1n) is 5.74. The highest BCUT2D eigenvalue weighted by atomic mass is 35.5. The van der Waals surface area contributed by atoms with Gasteiger partial charge in [-0.1, -0.05) is 48.0 Å². The van der Waals surface area contributed by atoms with Crippen LogP contribution in [0.15, 0.2) is 53.5 Å². The highest BCUT2D eigenvalue weighted by Crippen LogP contribution is 2.26. The lowest BCUT2D eigenvalue weighted by molar-refractivity contribution is 1.15. The molecule has 3 rings (SSSR count). The molecule has 0 bridgehead atoms. The van der Waals surface area contributed by atoms with Crippen molar-refractivity contribution in [3.05, 3.63) is 71.2 Å². The number of rotatable bonds is 1. The Bertz CT molecular complexity index is 605. The fraction of sp³-hybridized carbons (Fsp3) is 0.0667. The molecule has 0 unspecified atom stereocenters. The average molecular weight is 255 g/mol. The molecule has 0 amide bonds. The Kier molecular flexibility index (Phi) is 3.03. The van der Waals surface area contributed by atoms with Gasteiger partial charge in [0.1, 0.15) is 6.54 Å². The first-order valence-corrected chi connectivity index (χ1v) is 6.12. The van der Waals surface area contributed by atoms with Crippen molar-refractivity contribution in [2.24, 2.45) is 4.99 Å². The number of fused-ring (bicyclic) bond motifs is 1. The Labute approximate surface area is 111 Å². The van der Waals surface area contributed by atoms with E-state index in [0.717, 1.165) is 22.5 Å². The summed E-state index contributed by atoms with van der Waals surface area (Å²) in [6, 6.07) is 15.8.